The van der Waals surface area contributed by atoms with Gasteiger partial charge in [0.15, 0.2) is 0 Å². The molecule has 1 aromatic heterocycles. The van der Waals surface area contributed by atoms with Crippen LogP contribution in [0.25, 0.3) is 0 Å². The molecular formula is C33H32FN3O3S2. The molecule has 0 bridgehead atoms. The molecule has 4 aromatic carbocycles. The summed E-state index contributed by atoms with van der Waals surface area (Å²) in [6, 6.07) is 30.1. The highest BCUT2D eigenvalue weighted by molar-refractivity contribution is 7.92. The SMILES string of the molecule is O=S(=O)(Nc1ccc(CCNC[C@H](O)c2ccccc2)cc1)c1ccc(Cc2nc(Cc3ccc(F)cc3)cs2)cc1. The number of halogens is 1. The second-order valence-electron chi connectivity index (χ2n) is 10.0. The van der Waals surface area contributed by atoms with E-state index < -0.39 is 16.1 Å². The van der Waals surface area contributed by atoms with Gasteiger partial charge in [-0.15, -0.1) is 11.3 Å². The van der Waals surface area contributed by atoms with Gasteiger partial charge >= 0.3 is 0 Å². The highest BCUT2D eigenvalue weighted by Crippen LogP contribution is 2.21. The average molecular weight is 602 g/mol. The van der Waals surface area contributed by atoms with Crippen LogP contribution in [0.4, 0.5) is 10.1 Å². The number of benzene rings is 4. The molecule has 0 fully saturated rings. The molecule has 0 saturated carbocycles. The average Bonchev–Trinajstić information content (AvgIpc) is 3.44. The molecule has 5 aromatic rings. The lowest BCUT2D eigenvalue weighted by atomic mass is 10.1. The van der Waals surface area contributed by atoms with Crippen LogP contribution >= 0.6 is 11.3 Å². The van der Waals surface area contributed by atoms with Crippen molar-refractivity contribution in [3.63, 3.8) is 0 Å². The molecule has 3 N–H and O–H groups in total. The topological polar surface area (TPSA) is 91.3 Å². The van der Waals surface area contributed by atoms with Gasteiger partial charge in [-0.1, -0.05) is 66.7 Å². The minimum Gasteiger partial charge on any atom is -0.387 e. The summed E-state index contributed by atoms with van der Waals surface area (Å²) in [5.74, 6) is -0.256. The van der Waals surface area contributed by atoms with Crippen LogP contribution in [0.1, 0.15) is 39.1 Å². The third-order valence-electron chi connectivity index (χ3n) is 6.81. The first-order chi connectivity index (χ1) is 20.3. The van der Waals surface area contributed by atoms with Crippen LogP contribution in [0.15, 0.2) is 113 Å². The zero-order chi connectivity index (χ0) is 29.4. The van der Waals surface area contributed by atoms with E-state index in [-0.39, 0.29) is 10.7 Å². The Balaban J connectivity index is 1.09. The maximum atomic E-state index is 13.1. The summed E-state index contributed by atoms with van der Waals surface area (Å²) >= 11 is 1.55. The lowest BCUT2D eigenvalue weighted by Gasteiger charge is -2.12. The molecule has 1 atom stereocenters. The van der Waals surface area contributed by atoms with Gasteiger partial charge in [-0.25, -0.2) is 17.8 Å². The van der Waals surface area contributed by atoms with Gasteiger partial charge < -0.3 is 10.4 Å². The van der Waals surface area contributed by atoms with Crippen molar-refractivity contribution >= 4 is 27.0 Å². The van der Waals surface area contributed by atoms with Gasteiger partial charge in [0.05, 0.1) is 21.7 Å². The first-order valence-corrected chi connectivity index (χ1v) is 16.0. The molecule has 0 aliphatic carbocycles. The normalized spacial score (nSPS) is 12.2. The van der Waals surface area contributed by atoms with E-state index in [2.05, 4.69) is 15.0 Å². The van der Waals surface area contributed by atoms with Gasteiger partial charge in [0, 0.05) is 30.5 Å². The third kappa shape index (κ3) is 8.33. The van der Waals surface area contributed by atoms with Crippen LogP contribution in [-0.4, -0.2) is 31.6 Å². The Morgan fingerprint density at radius 1 is 0.810 bits per heavy atom. The molecule has 0 aliphatic heterocycles. The molecule has 0 aliphatic rings. The first-order valence-electron chi connectivity index (χ1n) is 13.7. The van der Waals surface area contributed by atoms with Crippen LogP contribution in [0.5, 0.6) is 0 Å². The van der Waals surface area contributed by atoms with Crippen molar-refractivity contribution in [1.82, 2.24) is 10.3 Å². The summed E-state index contributed by atoms with van der Waals surface area (Å²) in [7, 11) is -3.74. The Kier molecular flexibility index (Phi) is 9.76. The number of anilines is 1. The van der Waals surface area contributed by atoms with E-state index in [0.717, 1.165) is 39.4 Å². The van der Waals surface area contributed by atoms with Gasteiger partial charge in [-0.05, 0) is 71.6 Å². The maximum Gasteiger partial charge on any atom is 0.261 e. The molecule has 1 heterocycles. The molecule has 5 rings (SSSR count). The quantitative estimate of drug-likeness (QED) is 0.141. The number of thiazole rings is 1. The van der Waals surface area contributed by atoms with Crippen molar-refractivity contribution in [3.8, 4) is 0 Å². The summed E-state index contributed by atoms with van der Waals surface area (Å²) in [4.78, 5) is 4.87. The van der Waals surface area contributed by atoms with E-state index in [1.165, 1.54) is 12.1 Å². The highest BCUT2D eigenvalue weighted by Gasteiger charge is 2.15. The minimum atomic E-state index is -3.74. The van der Waals surface area contributed by atoms with E-state index in [9.17, 15) is 17.9 Å². The Labute approximate surface area is 250 Å². The number of hydrogen-bond acceptors (Lipinski definition) is 6. The van der Waals surface area contributed by atoms with Gasteiger partial charge in [-0.2, -0.15) is 0 Å². The Hall–Kier alpha value is -3.89. The maximum absolute atomic E-state index is 13.1. The van der Waals surface area contributed by atoms with Crippen molar-refractivity contribution in [2.45, 2.75) is 30.3 Å². The molecule has 0 saturated heterocycles. The predicted molar refractivity (Wildman–Crippen MR) is 166 cm³/mol. The fourth-order valence-electron chi connectivity index (χ4n) is 4.50. The van der Waals surface area contributed by atoms with Gasteiger partial charge in [0.2, 0.25) is 0 Å². The van der Waals surface area contributed by atoms with E-state index in [1.807, 2.05) is 47.8 Å². The summed E-state index contributed by atoms with van der Waals surface area (Å²) in [5.41, 5.74) is 5.32. The summed E-state index contributed by atoms with van der Waals surface area (Å²) in [6.45, 7) is 1.15. The van der Waals surface area contributed by atoms with Crippen molar-refractivity contribution in [2.24, 2.45) is 0 Å². The standard InChI is InChI=1S/C33H32FN3O3S2/c34-28-12-6-25(7-13-28)20-30-23-41-33(36-30)21-26-10-16-31(17-11-26)42(39,40)37-29-14-8-24(9-15-29)18-19-35-22-32(38)27-4-2-1-3-5-27/h1-17,23,32,35,37-38H,18-22H2/t32-/m0/s1. The molecule has 0 radical (unpaired) electrons. The van der Waals surface area contributed by atoms with Crippen molar-refractivity contribution in [1.29, 1.82) is 0 Å². The summed E-state index contributed by atoms with van der Waals surface area (Å²) < 4.78 is 41.7. The summed E-state index contributed by atoms with van der Waals surface area (Å²) in [5, 5.41) is 16.4. The molecular weight excluding hydrogens is 570 g/mol. The molecule has 6 nitrogen and oxygen atoms in total. The van der Waals surface area contributed by atoms with Crippen LogP contribution in [0, 0.1) is 5.82 Å². The second-order valence-corrected chi connectivity index (χ2v) is 12.7. The number of hydrogen-bond donors (Lipinski definition) is 3. The molecule has 9 heteroatoms. The van der Waals surface area contributed by atoms with E-state index >= 15 is 0 Å². The fraction of sp³-hybridized carbons (Fsp3) is 0.182. The first kappa shape index (κ1) is 29.6. The second kappa shape index (κ2) is 13.8. The predicted octanol–water partition coefficient (Wildman–Crippen LogP) is 6.13. The smallest absolute Gasteiger partial charge is 0.261 e. The van der Waals surface area contributed by atoms with Gasteiger partial charge in [0.25, 0.3) is 10.0 Å². The van der Waals surface area contributed by atoms with Crippen LogP contribution in [0.2, 0.25) is 0 Å². The van der Waals surface area contributed by atoms with Crippen LogP contribution in [-0.2, 0) is 29.3 Å². The number of aliphatic hydroxyl groups is 1. The lowest BCUT2D eigenvalue weighted by molar-refractivity contribution is 0.175. The van der Waals surface area contributed by atoms with Crippen molar-refractivity contribution < 1.29 is 17.9 Å². The number of aliphatic hydroxyl groups excluding tert-OH is 1. The zero-order valence-corrected chi connectivity index (χ0v) is 24.5. The van der Waals surface area contributed by atoms with E-state index in [0.29, 0.717) is 31.6 Å². The molecule has 42 heavy (non-hydrogen) atoms. The van der Waals surface area contributed by atoms with Gasteiger partial charge in [-0.3, -0.25) is 4.72 Å². The van der Waals surface area contributed by atoms with Crippen LogP contribution < -0.4 is 10.0 Å². The number of nitrogens with one attached hydrogen (secondary N) is 2. The molecule has 0 unspecified atom stereocenters. The molecule has 0 spiro atoms. The van der Waals surface area contributed by atoms with Crippen molar-refractivity contribution in [3.05, 3.63) is 147 Å². The Morgan fingerprint density at radius 2 is 1.45 bits per heavy atom. The third-order valence-corrected chi connectivity index (χ3v) is 9.10. The monoisotopic (exact) mass is 601 g/mol. The zero-order valence-electron chi connectivity index (χ0n) is 22.9. The van der Waals surface area contributed by atoms with E-state index in [4.69, 9.17) is 0 Å². The highest BCUT2D eigenvalue weighted by atomic mass is 32.2. The number of sulfonamides is 1. The lowest BCUT2D eigenvalue weighted by Crippen LogP contribution is -2.23. The Bertz CT molecular complexity index is 1670. The minimum absolute atomic E-state index is 0.188. The van der Waals surface area contributed by atoms with Crippen molar-refractivity contribution in [2.75, 3.05) is 17.8 Å². The largest absolute Gasteiger partial charge is 0.387 e. The number of nitrogens with zero attached hydrogens (tertiary/aromatic N) is 1. The van der Waals surface area contributed by atoms with E-state index in [1.54, 1.807) is 59.9 Å². The fourth-order valence-corrected chi connectivity index (χ4v) is 6.39. The van der Waals surface area contributed by atoms with Gasteiger partial charge in [0.1, 0.15) is 5.82 Å². The number of aromatic nitrogens is 1. The molecule has 216 valence electrons. The Morgan fingerprint density at radius 3 is 2.17 bits per heavy atom. The van der Waals surface area contributed by atoms with Crippen LogP contribution in [0.3, 0.4) is 0 Å². The number of rotatable bonds is 13. The molecule has 0 amide bonds. The summed E-state index contributed by atoms with van der Waals surface area (Å²) in [6.07, 6.45) is 1.43.